The molecule has 0 radical (unpaired) electrons. The summed E-state index contributed by atoms with van der Waals surface area (Å²) in [4.78, 5) is 0. The molecule has 0 aromatic heterocycles. The first-order chi connectivity index (χ1) is 7.11. The standard InChI is InChI=1S/C12H24O3.H2O/c1-5-6-13-11-7-10(4)15-12(8-11)14-9(2)3;/h9-12H,5-8H2,1-4H3;1H2/t10-,11+,12-;/m0./s1. The normalized spacial score (nSPS) is 30.2. The molecular formula is C12H26O4. The van der Waals surface area contributed by atoms with E-state index in [4.69, 9.17) is 14.2 Å². The molecule has 4 nitrogen and oxygen atoms in total. The third-order valence-corrected chi connectivity index (χ3v) is 2.42. The number of hydrogen-bond acceptors (Lipinski definition) is 3. The van der Waals surface area contributed by atoms with Gasteiger partial charge in [-0.3, -0.25) is 0 Å². The van der Waals surface area contributed by atoms with Crippen molar-refractivity contribution in [2.45, 2.75) is 71.6 Å². The summed E-state index contributed by atoms with van der Waals surface area (Å²) in [5, 5.41) is 0. The fourth-order valence-corrected chi connectivity index (χ4v) is 1.86. The zero-order chi connectivity index (χ0) is 11.3. The van der Waals surface area contributed by atoms with Gasteiger partial charge >= 0.3 is 0 Å². The van der Waals surface area contributed by atoms with Crippen LogP contribution >= 0.6 is 0 Å². The quantitative estimate of drug-likeness (QED) is 0.730. The Morgan fingerprint density at radius 1 is 1.31 bits per heavy atom. The van der Waals surface area contributed by atoms with Gasteiger partial charge in [0.15, 0.2) is 6.29 Å². The fraction of sp³-hybridized carbons (Fsp3) is 1.00. The first kappa shape index (κ1) is 15.8. The molecule has 1 fully saturated rings. The topological polar surface area (TPSA) is 59.2 Å². The van der Waals surface area contributed by atoms with Gasteiger partial charge in [0.1, 0.15) is 0 Å². The van der Waals surface area contributed by atoms with E-state index in [1.165, 1.54) is 0 Å². The minimum atomic E-state index is -0.0874. The molecule has 1 heterocycles. The maximum Gasteiger partial charge on any atom is 0.160 e. The van der Waals surface area contributed by atoms with Crippen LogP contribution in [0.4, 0.5) is 0 Å². The van der Waals surface area contributed by atoms with Crippen molar-refractivity contribution in [1.29, 1.82) is 0 Å². The van der Waals surface area contributed by atoms with Gasteiger partial charge in [0, 0.05) is 13.0 Å². The van der Waals surface area contributed by atoms with Crippen molar-refractivity contribution in [3.8, 4) is 0 Å². The van der Waals surface area contributed by atoms with Gasteiger partial charge in [-0.05, 0) is 33.6 Å². The largest absolute Gasteiger partial charge is 0.412 e. The molecule has 1 aliphatic heterocycles. The summed E-state index contributed by atoms with van der Waals surface area (Å²) in [6, 6.07) is 0. The molecule has 3 atom stereocenters. The highest BCUT2D eigenvalue weighted by molar-refractivity contribution is 4.72. The summed E-state index contributed by atoms with van der Waals surface area (Å²) in [7, 11) is 0. The van der Waals surface area contributed by atoms with Gasteiger partial charge in [-0.25, -0.2) is 0 Å². The smallest absolute Gasteiger partial charge is 0.160 e. The molecule has 16 heavy (non-hydrogen) atoms. The summed E-state index contributed by atoms with van der Waals surface area (Å²) in [5.41, 5.74) is 0. The van der Waals surface area contributed by atoms with Crippen LogP contribution < -0.4 is 0 Å². The third kappa shape index (κ3) is 5.80. The van der Waals surface area contributed by atoms with Gasteiger partial charge in [0.2, 0.25) is 0 Å². The van der Waals surface area contributed by atoms with Crippen LogP contribution in [0.3, 0.4) is 0 Å². The maximum atomic E-state index is 5.75. The summed E-state index contributed by atoms with van der Waals surface area (Å²) in [6.07, 6.45) is 3.59. The molecule has 4 heteroatoms. The first-order valence-corrected chi connectivity index (χ1v) is 6.04. The van der Waals surface area contributed by atoms with Crippen molar-refractivity contribution in [3.63, 3.8) is 0 Å². The lowest BCUT2D eigenvalue weighted by molar-refractivity contribution is -0.229. The van der Waals surface area contributed by atoms with E-state index in [0.717, 1.165) is 25.9 Å². The molecule has 0 aromatic carbocycles. The van der Waals surface area contributed by atoms with Crippen molar-refractivity contribution in [1.82, 2.24) is 0 Å². The summed E-state index contributed by atoms with van der Waals surface area (Å²) in [5.74, 6) is 0. The van der Waals surface area contributed by atoms with E-state index in [1.54, 1.807) is 0 Å². The minimum absolute atomic E-state index is 0. The van der Waals surface area contributed by atoms with Gasteiger partial charge in [0.25, 0.3) is 0 Å². The van der Waals surface area contributed by atoms with Gasteiger partial charge in [-0.2, -0.15) is 0 Å². The predicted octanol–water partition coefficient (Wildman–Crippen LogP) is 1.91. The Morgan fingerprint density at radius 3 is 2.56 bits per heavy atom. The molecule has 0 amide bonds. The second-order valence-electron chi connectivity index (χ2n) is 4.53. The molecule has 0 unspecified atom stereocenters. The minimum Gasteiger partial charge on any atom is -0.412 e. The zero-order valence-corrected chi connectivity index (χ0v) is 10.9. The molecule has 0 aromatic rings. The van der Waals surface area contributed by atoms with Crippen molar-refractivity contribution < 1.29 is 19.7 Å². The summed E-state index contributed by atoms with van der Waals surface area (Å²) >= 11 is 0. The van der Waals surface area contributed by atoms with Crippen LogP contribution in [0.1, 0.15) is 47.0 Å². The Kier molecular flexibility index (Phi) is 7.93. The second kappa shape index (κ2) is 8.01. The summed E-state index contributed by atoms with van der Waals surface area (Å²) < 4.78 is 17.1. The van der Waals surface area contributed by atoms with E-state index >= 15 is 0 Å². The fourth-order valence-electron chi connectivity index (χ4n) is 1.86. The summed E-state index contributed by atoms with van der Waals surface area (Å²) in [6.45, 7) is 9.11. The van der Waals surface area contributed by atoms with E-state index in [-0.39, 0.29) is 24.0 Å². The number of rotatable bonds is 5. The lowest BCUT2D eigenvalue weighted by atomic mass is 10.1. The van der Waals surface area contributed by atoms with E-state index in [1.807, 2.05) is 13.8 Å². The second-order valence-corrected chi connectivity index (χ2v) is 4.53. The molecule has 1 rings (SSSR count). The molecule has 2 N–H and O–H groups in total. The van der Waals surface area contributed by atoms with Crippen LogP contribution in [0.15, 0.2) is 0 Å². The molecule has 0 aliphatic carbocycles. The Balaban J connectivity index is 0.00000225. The lowest BCUT2D eigenvalue weighted by Gasteiger charge is -2.34. The maximum absolute atomic E-state index is 5.75. The average molecular weight is 234 g/mol. The van der Waals surface area contributed by atoms with Crippen LogP contribution in [0, 0.1) is 0 Å². The molecular weight excluding hydrogens is 208 g/mol. The van der Waals surface area contributed by atoms with E-state index in [0.29, 0.717) is 6.10 Å². The van der Waals surface area contributed by atoms with Crippen LogP contribution in [0.25, 0.3) is 0 Å². The number of ether oxygens (including phenoxy) is 3. The first-order valence-electron chi connectivity index (χ1n) is 6.04. The van der Waals surface area contributed by atoms with Crippen molar-refractivity contribution in [3.05, 3.63) is 0 Å². The van der Waals surface area contributed by atoms with Crippen LogP contribution in [0.5, 0.6) is 0 Å². The van der Waals surface area contributed by atoms with Gasteiger partial charge in [0.05, 0.1) is 18.3 Å². The SMILES string of the molecule is CCCO[C@H]1C[C@@H](OC(C)C)O[C@@H](C)C1.O. The Morgan fingerprint density at radius 2 is 2.00 bits per heavy atom. The van der Waals surface area contributed by atoms with Crippen LogP contribution in [0.2, 0.25) is 0 Å². The van der Waals surface area contributed by atoms with Crippen LogP contribution in [-0.2, 0) is 14.2 Å². The highest BCUT2D eigenvalue weighted by atomic mass is 16.7. The Labute approximate surface area is 98.6 Å². The molecule has 1 aliphatic rings. The van der Waals surface area contributed by atoms with E-state index < -0.39 is 0 Å². The Bertz CT molecular complexity index is 170. The molecule has 0 saturated carbocycles. The number of hydrogen-bond donors (Lipinski definition) is 0. The lowest BCUT2D eigenvalue weighted by Crippen LogP contribution is -2.38. The van der Waals surface area contributed by atoms with Crippen molar-refractivity contribution in [2.24, 2.45) is 0 Å². The highest BCUT2D eigenvalue weighted by Crippen LogP contribution is 2.23. The van der Waals surface area contributed by atoms with Crippen molar-refractivity contribution >= 4 is 0 Å². The predicted molar refractivity (Wildman–Crippen MR) is 63.4 cm³/mol. The van der Waals surface area contributed by atoms with Gasteiger partial charge < -0.3 is 19.7 Å². The average Bonchev–Trinajstić information content (AvgIpc) is 2.12. The van der Waals surface area contributed by atoms with E-state index in [2.05, 4.69) is 13.8 Å². The molecule has 0 spiro atoms. The van der Waals surface area contributed by atoms with Crippen molar-refractivity contribution in [2.75, 3.05) is 6.61 Å². The monoisotopic (exact) mass is 234 g/mol. The molecule has 1 saturated heterocycles. The third-order valence-electron chi connectivity index (χ3n) is 2.42. The highest BCUT2D eigenvalue weighted by Gasteiger charge is 2.28. The van der Waals surface area contributed by atoms with Gasteiger partial charge in [-0.15, -0.1) is 0 Å². The zero-order valence-electron chi connectivity index (χ0n) is 10.9. The molecule has 98 valence electrons. The van der Waals surface area contributed by atoms with E-state index in [9.17, 15) is 0 Å². The Hall–Kier alpha value is -0.160. The van der Waals surface area contributed by atoms with Gasteiger partial charge in [-0.1, -0.05) is 6.92 Å². The van der Waals surface area contributed by atoms with Crippen LogP contribution in [-0.4, -0.2) is 36.7 Å². The molecule has 0 bridgehead atoms.